The second kappa shape index (κ2) is 4.26. The average Bonchev–Trinajstić information content (AvgIpc) is 2.74. The average molecular weight is 227 g/mol. The number of carboxylic acids is 1. The van der Waals surface area contributed by atoms with E-state index < -0.39 is 5.97 Å². The summed E-state index contributed by atoms with van der Waals surface area (Å²) in [6, 6.07) is 0. The highest BCUT2D eigenvalue weighted by molar-refractivity contribution is 7.98. The molecule has 15 heavy (non-hydrogen) atoms. The Morgan fingerprint density at radius 3 is 3.00 bits per heavy atom. The first-order chi connectivity index (χ1) is 7.20. The van der Waals surface area contributed by atoms with Gasteiger partial charge in [0.15, 0.2) is 0 Å². The van der Waals surface area contributed by atoms with Gasteiger partial charge in [-0.15, -0.1) is 0 Å². The van der Waals surface area contributed by atoms with Crippen molar-refractivity contribution >= 4 is 17.7 Å². The summed E-state index contributed by atoms with van der Waals surface area (Å²) in [5.41, 5.74) is 1.14. The summed E-state index contributed by atoms with van der Waals surface area (Å²) in [4.78, 5) is 10.6. The van der Waals surface area contributed by atoms with Crippen molar-refractivity contribution in [2.45, 2.75) is 25.0 Å². The van der Waals surface area contributed by atoms with Gasteiger partial charge in [-0.2, -0.15) is 11.8 Å². The summed E-state index contributed by atoms with van der Waals surface area (Å²) in [7, 11) is 0. The van der Waals surface area contributed by atoms with Crippen LogP contribution in [0.15, 0.2) is 17.0 Å². The van der Waals surface area contributed by atoms with E-state index in [1.165, 1.54) is 0 Å². The van der Waals surface area contributed by atoms with Crippen molar-refractivity contribution in [2.75, 3.05) is 5.75 Å². The molecule has 1 aromatic heterocycles. The van der Waals surface area contributed by atoms with Crippen LogP contribution in [0.1, 0.15) is 24.8 Å². The van der Waals surface area contributed by atoms with Crippen LogP contribution in [0, 0.1) is 5.41 Å². The molecule has 1 aliphatic rings. The first kappa shape index (κ1) is 10.5. The zero-order chi connectivity index (χ0) is 10.7. The molecule has 0 unspecified atom stereocenters. The van der Waals surface area contributed by atoms with Gasteiger partial charge in [0.05, 0.1) is 12.6 Å². The molecule has 1 aliphatic carbocycles. The lowest BCUT2D eigenvalue weighted by atomic mass is 10.1. The van der Waals surface area contributed by atoms with Crippen LogP contribution in [0.4, 0.5) is 0 Å². The molecule has 0 amide bonds. The summed E-state index contributed by atoms with van der Waals surface area (Å²) < 4.78 is 4.72. The van der Waals surface area contributed by atoms with Gasteiger partial charge in [0.25, 0.3) is 0 Å². The molecule has 5 heteroatoms. The number of hydrogen-bond donors (Lipinski definition) is 1. The van der Waals surface area contributed by atoms with E-state index in [-0.39, 0.29) is 5.41 Å². The molecule has 0 radical (unpaired) electrons. The van der Waals surface area contributed by atoms with Crippen LogP contribution in [0.5, 0.6) is 0 Å². The van der Waals surface area contributed by atoms with E-state index >= 15 is 0 Å². The number of hydrogen-bond acceptors (Lipinski definition) is 4. The number of thioether (sulfide) groups is 1. The maximum absolute atomic E-state index is 10.6. The molecular weight excluding hydrogens is 214 g/mol. The lowest BCUT2D eigenvalue weighted by Crippen LogP contribution is -2.11. The standard InChI is InChI=1S/C10H13NO3S/c12-9(13)3-10(1-2-10)7-15-6-8-4-11-14-5-8/h4-5H,1-3,6-7H2,(H,12,13). The molecule has 2 rings (SSSR count). The fourth-order valence-corrected chi connectivity index (χ4v) is 2.86. The van der Waals surface area contributed by atoms with Crippen molar-refractivity contribution in [2.24, 2.45) is 5.41 Å². The predicted octanol–water partition coefficient (Wildman–Crippen LogP) is 2.16. The van der Waals surface area contributed by atoms with Gasteiger partial charge in [-0.1, -0.05) is 5.16 Å². The molecule has 0 bridgehead atoms. The minimum atomic E-state index is -0.682. The largest absolute Gasteiger partial charge is 0.481 e. The Bertz CT molecular complexity index is 332. The molecule has 1 aromatic rings. The van der Waals surface area contributed by atoms with Gasteiger partial charge < -0.3 is 9.63 Å². The van der Waals surface area contributed by atoms with Crippen LogP contribution in [0.3, 0.4) is 0 Å². The fraction of sp³-hybridized carbons (Fsp3) is 0.600. The summed E-state index contributed by atoms with van der Waals surface area (Å²) in [6.07, 6.45) is 5.74. The van der Waals surface area contributed by atoms with Gasteiger partial charge in [0.2, 0.25) is 0 Å². The normalized spacial score (nSPS) is 17.6. The molecule has 0 spiro atoms. The first-order valence-electron chi connectivity index (χ1n) is 4.88. The molecular formula is C10H13NO3S. The van der Waals surface area contributed by atoms with E-state index in [9.17, 15) is 4.79 Å². The number of carboxylic acid groups (broad SMARTS) is 1. The molecule has 0 atom stereocenters. The zero-order valence-corrected chi connectivity index (χ0v) is 9.13. The van der Waals surface area contributed by atoms with E-state index in [0.717, 1.165) is 29.9 Å². The number of rotatable bonds is 6. The molecule has 1 saturated carbocycles. The monoisotopic (exact) mass is 227 g/mol. The Kier molecular flexibility index (Phi) is 3.00. The third-order valence-corrected chi connectivity index (χ3v) is 4.00. The van der Waals surface area contributed by atoms with Gasteiger partial charge in [-0.25, -0.2) is 0 Å². The molecule has 0 aliphatic heterocycles. The van der Waals surface area contributed by atoms with Crippen molar-refractivity contribution in [3.05, 3.63) is 18.0 Å². The SMILES string of the molecule is O=C(O)CC1(CSCc2cnoc2)CC1. The minimum Gasteiger partial charge on any atom is -0.481 e. The Morgan fingerprint density at radius 1 is 1.67 bits per heavy atom. The Balaban J connectivity index is 1.72. The maximum Gasteiger partial charge on any atom is 0.303 e. The number of aromatic nitrogens is 1. The van der Waals surface area contributed by atoms with Gasteiger partial charge in [-0.05, 0) is 24.0 Å². The quantitative estimate of drug-likeness (QED) is 0.806. The van der Waals surface area contributed by atoms with Crippen molar-refractivity contribution in [3.8, 4) is 0 Å². The summed E-state index contributed by atoms with van der Waals surface area (Å²) in [5, 5.41) is 12.4. The smallest absolute Gasteiger partial charge is 0.303 e. The highest BCUT2D eigenvalue weighted by Crippen LogP contribution is 2.51. The second-order valence-corrected chi connectivity index (χ2v) is 5.08. The third kappa shape index (κ3) is 2.99. The molecule has 1 fully saturated rings. The zero-order valence-electron chi connectivity index (χ0n) is 8.31. The van der Waals surface area contributed by atoms with Gasteiger partial charge in [-0.3, -0.25) is 4.79 Å². The number of aliphatic carboxylic acids is 1. The Hall–Kier alpha value is -0.970. The van der Waals surface area contributed by atoms with Gasteiger partial charge in [0.1, 0.15) is 6.26 Å². The van der Waals surface area contributed by atoms with E-state index in [4.69, 9.17) is 9.63 Å². The summed E-state index contributed by atoms with van der Waals surface area (Å²) in [6.45, 7) is 0. The second-order valence-electron chi connectivity index (χ2n) is 4.10. The number of nitrogens with zero attached hydrogens (tertiary/aromatic N) is 1. The number of carbonyl (C=O) groups is 1. The Labute approximate surface area is 92.0 Å². The van der Waals surface area contributed by atoms with E-state index in [2.05, 4.69) is 5.16 Å². The molecule has 1 N–H and O–H groups in total. The third-order valence-electron chi connectivity index (χ3n) is 2.64. The van der Waals surface area contributed by atoms with E-state index in [1.807, 2.05) is 0 Å². The van der Waals surface area contributed by atoms with E-state index in [1.54, 1.807) is 24.2 Å². The van der Waals surface area contributed by atoms with Crippen LogP contribution in [0.2, 0.25) is 0 Å². The van der Waals surface area contributed by atoms with E-state index in [0.29, 0.717) is 6.42 Å². The van der Waals surface area contributed by atoms with Gasteiger partial charge >= 0.3 is 5.97 Å². The lowest BCUT2D eigenvalue weighted by molar-refractivity contribution is -0.138. The molecule has 0 aromatic carbocycles. The summed E-state index contributed by atoms with van der Waals surface area (Å²) >= 11 is 1.76. The highest BCUT2D eigenvalue weighted by Gasteiger charge is 2.43. The van der Waals surface area contributed by atoms with Crippen molar-refractivity contribution in [1.29, 1.82) is 0 Å². The summed E-state index contributed by atoms with van der Waals surface area (Å²) in [5.74, 6) is 1.09. The van der Waals surface area contributed by atoms with Crippen LogP contribution in [0.25, 0.3) is 0 Å². The molecule has 82 valence electrons. The van der Waals surface area contributed by atoms with Crippen molar-refractivity contribution in [1.82, 2.24) is 5.16 Å². The van der Waals surface area contributed by atoms with Crippen molar-refractivity contribution < 1.29 is 14.4 Å². The minimum absolute atomic E-state index is 0.0770. The predicted molar refractivity (Wildman–Crippen MR) is 56.6 cm³/mol. The maximum atomic E-state index is 10.6. The lowest BCUT2D eigenvalue weighted by Gasteiger charge is -2.10. The van der Waals surface area contributed by atoms with Crippen LogP contribution >= 0.6 is 11.8 Å². The topological polar surface area (TPSA) is 63.3 Å². The highest BCUT2D eigenvalue weighted by atomic mass is 32.2. The first-order valence-corrected chi connectivity index (χ1v) is 6.03. The molecule has 4 nitrogen and oxygen atoms in total. The molecule has 1 heterocycles. The fourth-order valence-electron chi connectivity index (χ4n) is 1.55. The van der Waals surface area contributed by atoms with Crippen molar-refractivity contribution in [3.63, 3.8) is 0 Å². The van der Waals surface area contributed by atoms with Crippen LogP contribution < -0.4 is 0 Å². The molecule has 0 saturated heterocycles. The Morgan fingerprint density at radius 2 is 2.47 bits per heavy atom. The van der Waals surface area contributed by atoms with Gasteiger partial charge in [0, 0.05) is 11.3 Å². The van der Waals surface area contributed by atoms with Crippen LogP contribution in [-0.4, -0.2) is 22.0 Å². The van der Waals surface area contributed by atoms with Crippen LogP contribution in [-0.2, 0) is 10.5 Å².